The van der Waals surface area contributed by atoms with Crippen LogP contribution in [-0.2, 0) is 16.0 Å². The largest absolute Gasteiger partial charge is 0.425 e. The van der Waals surface area contributed by atoms with E-state index in [1.54, 1.807) is 6.07 Å². The third-order valence-electron chi connectivity index (χ3n) is 6.88. The molecule has 3 aromatic rings. The summed E-state index contributed by atoms with van der Waals surface area (Å²) < 4.78 is 5.36. The fraction of sp³-hybridized carbons (Fsp3) is 0.310. The lowest BCUT2D eigenvalue weighted by molar-refractivity contribution is -0.137. The maximum atomic E-state index is 12.7. The molecule has 3 N–H and O–H groups in total. The highest BCUT2D eigenvalue weighted by Gasteiger charge is 2.33. The lowest BCUT2D eigenvalue weighted by Crippen LogP contribution is -2.31. The average Bonchev–Trinajstić information content (AvgIpc) is 2.87. The van der Waals surface area contributed by atoms with E-state index in [2.05, 4.69) is 24.3 Å². The van der Waals surface area contributed by atoms with Gasteiger partial charge in [-0.1, -0.05) is 72.8 Å². The molecule has 3 aromatic carbocycles. The first kappa shape index (κ1) is 23.7. The van der Waals surface area contributed by atoms with Crippen LogP contribution in [0.3, 0.4) is 0 Å². The van der Waals surface area contributed by atoms with E-state index in [0.717, 1.165) is 36.8 Å². The summed E-state index contributed by atoms with van der Waals surface area (Å²) in [4.78, 5) is 24.4. The molecule has 4 rings (SSSR count). The lowest BCUT2D eigenvalue weighted by Gasteiger charge is -2.32. The van der Waals surface area contributed by atoms with Crippen molar-refractivity contribution in [2.24, 2.45) is 11.7 Å². The lowest BCUT2D eigenvalue weighted by atomic mass is 9.72. The summed E-state index contributed by atoms with van der Waals surface area (Å²) in [7, 11) is 0. The molecule has 0 spiro atoms. The Bertz CT molecular complexity index is 1070. The Kier molecular flexibility index (Phi) is 7.76. The van der Waals surface area contributed by atoms with Gasteiger partial charge in [0.1, 0.15) is 12.4 Å². The minimum absolute atomic E-state index is 0.0266. The maximum Gasteiger partial charge on any atom is 0.337 e. The molecule has 5 heteroatoms. The Morgan fingerprint density at radius 3 is 2.15 bits per heavy atom. The van der Waals surface area contributed by atoms with Crippen molar-refractivity contribution in [2.45, 2.75) is 43.9 Å². The summed E-state index contributed by atoms with van der Waals surface area (Å²) in [5.41, 5.74) is 10.4. The Morgan fingerprint density at radius 1 is 0.912 bits per heavy atom. The van der Waals surface area contributed by atoms with Crippen LogP contribution in [0.4, 0.5) is 0 Å². The zero-order chi connectivity index (χ0) is 23.9. The number of ether oxygens (including phenoxy) is 1. The van der Waals surface area contributed by atoms with Gasteiger partial charge in [-0.25, -0.2) is 4.79 Å². The number of aliphatic hydroxyl groups is 1. The molecule has 34 heavy (non-hydrogen) atoms. The van der Waals surface area contributed by atoms with Crippen LogP contribution in [0.5, 0.6) is 5.75 Å². The highest BCUT2D eigenvalue weighted by Crippen LogP contribution is 2.43. The summed E-state index contributed by atoms with van der Waals surface area (Å²) >= 11 is 0. The summed E-state index contributed by atoms with van der Waals surface area (Å²) in [6.07, 6.45) is 3.97. The number of fused-ring (bicyclic) bond motifs is 1. The molecule has 2 atom stereocenters. The topological polar surface area (TPSA) is 89.6 Å². The summed E-state index contributed by atoms with van der Waals surface area (Å²) in [5, 5.41) is 9.09. The standard InChI is InChI=1S/C29H31NO4/c30-29(33)26(18-17-22(20-9-3-1-4-10-20)21-11-5-2-6-12-21)24-13-7-15-25-23(24)14-8-16-27(25)34-28(32)19-31/h1-6,8-12,14,16,22,24,26,31H,7,13,15,17-19H2,(H2,30,33). The number of hydrogen-bond donors (Lipinski definition) is 2. The minimum atomic E-state index is -0.685. The molecular weight excluding hydrogens is 426 g/mol. The number of primary amides is 1. The third-order valence-corrected chi connectivity index (χ3v) is 6.88. The summed E-state index contributed by atoms with van der Waals surface area (Å²) in [5.74, 6) is -0.690. The molecule has 0 aromatic heterocycles. The van der Waals surface area contributed by atoms with E-state index < -0.39 is 12.6 Å². The number of amides is 1. The number of aliphatic hydroxyl groups excluding tert-OH is 1. The van der Waals surface area contributed by atoms with Gasteiger partial charge in [0.15, 0.2) is 0 Å². The average molecular weight is 458 g/mol. The molecule has 2 unspecified atom stereocenters. The molecule has 176 valence electrons. The second kappa shape index (κ2) is 11.1. The first-order valence-corrected chi connectivity index (χ1v) is 11.9. The van der Waals surface area contributed by atoms with Crippen molar-refractivity contribution in [1.82, 2.24) is 0 Å². The summed E-state index contributed by atoms with van der Waals surface area (Å²) in [6.45, 7) is -0.669. The number of hydrogen-bond acceptors (Lipinski definition) is 4. The summed E-state index contributed by atoms with van der Waals surface area (Å²) in [6, 6.07) is 26.3. The van der Waals surface area contributed by atoms with Gasteiger partial charge in [0.25, 0.3) is 0 Å². The zero-order valence-electron chi connectivity index (χ0n) is 19.2. The Hall–Kier alpha value is -3.44. The SMILES string of the molecule is NC(=O)C(CCC(c1ccccc1)c1ccccc1)C1CCCc2c(OC(=O)CO)cccc21. The second-order valence-corrected chi connectivity index (χ2v) is 8.92. The predicted octanol–water partition coefficient (Wildman–Crippen LogP) is 4.72. The molecule has 0 heterocycles. The van der Waals surface area contributed by atoms with Gasteiger partial charge in [-0.05, 0) is 66.3 Å². The molecule has 5 nitrogen and oxygen atoms in total. The smallest absolute Gasteiger partial charge is 0.337 e. The van der Waals surface area contributed by atoms with Crippen molar-refractivity contribution in [2.75, 3.05) is 6.61 Å². The molecule has 0 bridgehead atoms. The van der Waals surface area contributed by atoms with Gasteiger partial charge in [-0.15, -0.1) is 0 Å². The first-order chi connectivity index (χ1) is 16.6. The fourth-order valence-electron chi connectivity index (χ4n) is 5.30. The van der Waals surface area contributed by atoms with Crippen molar-refractivity contribution in [1.29, 1.82) is 0 Å². The number of carbonyl (C=O) groups is 2. The molecule has 0 saturated heterocycles. The van der Waals surface area contributed by atoms with Crippen molar-refractivity contribution in [3.8, 4) is 5.75 Å². The predicted molar refractivity (Wildman–Crippen MR) is 131 cm³/mol. The van der Waals surface area contributed by atoms with E-state index in [4.69, 9.17) is 15.6 Å². The van der Waals surface area contributed by atoms with E-state index in [9.17, 15) is 9.59 Å². The van der Waals surface area contributed by atoms with Crippen LogP contribution in [0.15, 0.2) is 78.9 Å². The van der Waals surface area contributed by atoms with Gasteiger partial charge < -0.3 is 15.6 Å². The van der Waals surface area contributed by atoms with E-state index >= 15 is 0 Å². The third kappa shape index (κ3) is 5.37. The monoisotopic (exact) mass is 457 g/mol. The first-order valence-electron chi connectivity index (χ1n) is 11.9. The van der Waals surface area contributed by atoms with Crippen LogP contribution in [0.1, 0.15) is 59.8 Å². The molecule has 1 amide bonds. The Morgan fingerprint density at radius 2 is 1.56 bits per heavy atom. The second-order valence-electron chi connectivity index (χ2n) is 8.92. The van der Waals surface area contributed by atoms with Gasteiger partial charge in [0.05, 0.1) is 0 Å². The molecule has 1 aliphatic rings. The number of rotatable bonds is 9. The number of esters is 1. The molecular formula is C29H31NO4. The van der Waals surface area contributed by atoms with E-state index in [0.29, 0.717) is 12.2 Å². The van der Waals surface area contributed by atoms with E-state index in [-0.39, 0.29) is 23.7 Å². The van der Waals surface area contributed by atoms with Gasteiger partial charge in [-0.2, -0.15) is 0 Å². The Balaban J connectivity index is 1.60. The van der Waals surface area contributed by atoms with E-state index in [1.807, 2.05) is 48.5 Å². The maximum absolute atomic E-state index is 12.7. The molecule has 0 saturated carbocycles. The van der Waals surface area contributed by atoms with Crippen LogP contribution in [0.25, 0.3) is 0 Å². The van der Waals surface area contributed by atoms with Crippen molar-refractivity contribution in [3.63, 3.8) is 0 Å². The molecule has 0 fully saturated rings. The highest BCUT2D eigenvalue weighted by atomic mass is 16.5. The van der Waals surface area contributed by atoms with Crippen LogP contribution >= 0.6 is 0 Å². The quantitative estimate of drug-likeness (QED) is 0.359. The van der Waals surface area contributed by atoms with Gasteiger partial charge in [0, 0.05) is 11.8 Å². The van der Waals surface area contributed by atoms with Crippen molar-refractivity contribution in [3.05, 3.63) is 101 Å². The zero-order valence-corrected chi connectivity index (χ0v) is 19.2. The molecule has 0 aliphatic heterocycles. The number of nitrogens with two attached hydrogens (primary N) is 1. The number of benzene rings is 3. The van der Waals surface area contributed by atoms with Crippen molar-refractivity contribution < 1.29 is 19.4 Å². The molecule has 1 aliphatic carbocycles. The minimum Gasteiger partial charge on any atom is -0.425 e. The fourth-order valence-corrected chi connectivity index (χ4v) is 5.30. The molecule has 0 radical (unpaired) electrons. The van der Waals surface area contributed by atoms with Crippen LogP contribution in [0.2, 0.25) is 0 Å². The van der Waals surface area contributed by atoms with Crippen molar-refractivity contribution >= 4 is 11.9 Å². The number of carbonyl (C=O) groups excluding carboxylic acids is 2. The van der Waals surface area contributed by atoms with Crippen LogP contribution in [0, 0.1) is 5.92 Å². The van der Waals surface area contributed by atoms with Gasteiger partial charge in [-0.3, -0.25) is 4.79 Å². The normalized spacial score (nSPS) is 16.0. The van der Waals surface area contributed by atoms with Gasteiger partial charge >= 0.3 is 5.97 Å². The van der Waals surface area contributed by atoms with Crippen LogP contribution < -0.4 is 10.5 Å². The Labute approximate surface area is 200 Å². The van der Waals surface area contributed by atoms with Gasteiger partial charge in [0.2, 0.25) is 5.91 Å². The highest BCUT2D eigenvalue weighted by molar-refractivity contribution is 5.78. The van der Waals surface area contributed by atoms with Crippen LogP contribution in [-0.4, -0.2) is 23.6 Å². The van der Waals surface area contributed by atoms with E-state index in [1.165, 1.54) is 11.1 Å².